The monoisotopic (exact) mass is 300 g/mol. The molecule has 21 heavy (non-hydrogen) atoms. The summed E-state index contributed by atoms with van der Waals surface area (Å²) in [4.78, 5) is 18.2. The number of rotatable bonds is 4. The minimum absolute atomic E-state index is 0.0589. The molecule has 1 aliphatic heterocycles. The zero-order valence-electron chi connectivity index (χ0n) is 11.7. The van der Waals surface area contributed by atoms with Gasteiger partial charge >= 0.3 is 0 Å². The van der Waals surface area contributed by atoms with Crippen molar-refractivity contribution in [3.63, 3.8) is 0 Å². The van der Waals surface area contributed by atoms with Crippen molar-refractivity contribution < 1.29 is 9.53 Å². The third-order valence-corrected chi connectivity index (χ3v) is 4.70. The van der Waals surface area contributed by atoms with Gasteiger partial charge in [0.15, 0.2) is 0 Å². The van der Waals surface area contributed by atoms with Crippen LogP contribution in [-0.2, 0) is 11.3 Å². The average molecular weight is 300 g/mol. The van der Waals surface area contributed by atoms with Gasteiger partial charge in [-0.1, -0.05) is 18.2 Å². The average Bonchev–Trinajstić information content (AvgIpc) is 2.90. The maximum Gasteiger partial charge on any atom is 0.234 e. The molecule has 1 aliphatic rings. The van der Waals surface area contributed by atoms with Crippen LogP contribution in [0.1, 0.15) is 16.5 Å². The van der Waals surface area contributed by atoms with E-state index in [9.17, 15) is 4.79 Å². The lowest BCUT2D eigenvalue weighted by atomic mass is 10.2. The molecule has 5 heteroatoms. The van der Waals surface area contributed by atoms with E-state index in [0.717, 1.165) is 16.9 Å². The molecule has 1 atom stereocenters. The summed E-state index contributed by atoms with van der Waals surface area (Å²) in [5.74, 6) is 1.52. The van der Waals surface area contributed by atoms with Gasteiger partial charge < -0.3 is 9.64 Å². The van der Waals surface area contributed by atoms with Crippen molar-refractivity contribution in [2.24, 2.45) is 0 Å². The minimum Gasteiger partial charge on any atom is -0.497 e. The maximum atomic E-state index is 12.1. The molecule has 0 N–H and O–H groups in total. The van der Waals surface area contributed by atoms with Crippen molar-refractivity contribution in [3.8, 4) is 5.75 Å². The summed E-state index contributed by atoms with van der Waals surface area (Å²) in [7, 11) is 1.65. The summed E-state index contributed by atoms with van der Waals surface area (Å²) in [5, 5.41) is 0.0589. The van der Waals surface area contributed by atoms with Crippen LogP contribution in [0.4, 0.5) is 0 Å². The van der Waals surface area contributed by atoms with Gasteiger partial charge in [-0.3, -0.25) is 9.78 Å². The van der Waals surface area contributed by atoms with Gasteiger partial charge in [0.2, 0.25) is 5.91 Å². The second-order valence-electron chi connectivity index (χ2n) is 4.82. The zero-order chi connectivity index (χ0) is 14.7. The van der Waals surface area contributed by atoms with E-state index in [-0.39, 0.29) is 11.3 Å². The summed E-state index contributed by atoms with van der Waals surface area (Å²) in [6, 6.07) is 11.8. The van der Waals surface area contributed by atoms with E-state index in [1.807, 2.05) is 41.3 Å². The number of aromatic nitrogens is 1. The maximum absolute atomic E-state index is 12.1. The van der Waals surface area contributed by atoms with Crippen molar-refractivity contribution >= 4 is 17.7 Å². The van der Waals surface area contributed by atoms with Crippen LogP contribution in [0.15, 0.2) is 48.8 Å². The van der Waals surface area contributed by atoms with Gasteiger partial charge in [0.25, 0.3) is 0 Å². The lowest BCUT2D eigenvalue weighted by Crippen LogP contribution is -2.27. The van der Waals surface area contributed by atoms with Crippen LogP contribution in [0.5, 0.6) is 5.75 Å². The number of thioether (sulfide) groups is 1. The molecule has 2 aromatic rings. The quantitative estimate of drug-likeness (QED) is 0.871. The number of nitrogens with zero attached hydrogens (tertiary/aromatic N) is 2. The molecule has 3 rings (SSSR count). The Morgan fingerprint density at radius 2 is 2.14 bits per heavy atom. The summed E-state index contributed by atoms with van der Waals surface area (Å²) < 4.78 is 5.18. The summed E-state index contributed by atoms with van der Waals surface area (Å²) in [6.07, 6.45) is 3.55. The first-order valence-corrected chi connectivity index (χ1v) is 7.77. The Labute approximate surface area is 128 Å². The van der Waals surface area contributed by atoms with Crippen molar-refractivity contribution in [2.45, 2.75) is 11.9 Å². The van der Waals surface area contributed by atoms with Crippen molar-refractivity contribution in [1.29, 1.82) is 0 Å². The number of carbonyl (C=O) groups is 1. The Hall–Kier alpha value is -2.01. The van der Waals surface area contributed by atoms with Crippen LogP contribution in [0.25, 0.3) is 0 Å². The SMILES string of the molecule is COc1ccc([C@@H]2SCC(=O)N2Cc2cccnc2)cc1. The van der Waals surface area contributed by atoms with Gasteiger partial charge in [-0.05, 0) is 29.3 Å². The van der Waals surface area contributed by atoms with E-state index < -0.39 is 0 Å². The van der Waals surface area contributed by atoms with Crippen LogP contribution in [-0.4, -0.2) is 28.7 Å². The van der Waals surface area contributed by atoms with Crippen LogP contribution in [0, 0.1) is 0 Å². The highest BCUT2D eigenvalue weighted by Gasteiger charge is 2.32. The molecular formula is C16H16N2O2S. The summed E-state index contributed by atoms with van der Waals surface area (Å²) in [5.41, 5.74) is 2.17. The molecule has 1 aromatic carbocycles. The molecule has 1 aromatic heterocycles. The van der Waals surface area contributed by atoms with Gasteiger partial charge in [0.1, 0.15) is 11.1 Å². The van der Waals surface area contributed by atoms with E-state index >= 15 is 0 Å². The number of amides is 1. The first-order chi connectivity index (χ1) is 10.3. The van der Waals surface area contributed by atoms with Crippen LogP contribution in [0.2, 0.25) is 0 Å². The molecule has 2 heterocycles. The van der Waals surface area contributed by atoms with E-state index in [1.165, 1.54) is 0 Å². The normalized spacial score (nSPS) is 18.0. The predicted octanol–water partition coefficient (Wildman–Crippen LogP) is 2.86. The fourth-order valence-corrected chi connectivity index (χ4v) is 3.55. The Kier molecular flexibility index (Phi) is 4.10. The molecule has 0 radical (unpaired) electrons. The molecule has 0 bridgehead atoms. The molecule has 0 saturated carbocycles. The summed E-state index contributed by atoms with van der Waals surface area (Å²) in [6.45, 7) is 0.594. The van der Waals surface area contributed by atoms with E-state index in [1.54, 1.807) is 31.3 Å². The molecule has 1 amide bonds. The van der Waals surface area contributed by atoms with Crippen molar-refractivity contribution in [2.75, 3.05) is 12.9 Å². The van der Waals surface area contributed by atoms with Crippen LogP contribution < -0.4 is 4.74 Å². The van der Waals surface area contributed by atoms with Gasteiger partial charge in [-0.2, -0.15) is 0 Å². The van der Waals surface area contributed by atoms with Crippen LogP contribution >= 0.6 is 11.8 Å². The lowest BCUT2D eigenvalue weighted by Gasteiger charge is -2.24. The number of hydrogen-bond acceptors (Lipinski definition) is 4. The number of carbonyl (C=O) groups excluding carboxylic acids is 1. The molecule has 0 unspecified atom stereocenters. The third-order valence-electron chi connectivity index (χ3n) is 3.44. The number of methoxy groups -OCH3 is 1. The Bertz CT molecular complexity index is 616. The standard InChI is InChI=1S/C16H16N2O2S/c1-20-14-6-4-13(5-7-14)16-18(15(19)11-21-16)10-12-3-2-8-17-9-12/h2-9,16H,10-11H2,1H3/t16-/m0/s1. The number of ether oxygens (including phenoxy) is 1. The Balaban J connectivity index is 1.81. The third kappa shape index (κ3) is 3.03. The van der Waals surface area contributed by atoms with Gasteiger partial charge in [0.05, 0.1) is 12.9 Å². The van der Waals surface area contributed by atoms with E-state index in [2.05, 4.69) is 4.98 Å². The molecule has 1 fully saturated rings. The summed E-state index contributed by atoms with van der Waals surface area (Å²) >= 11 is 1.66. The first-order valence-electron chi connectivity index (χ1n) is 6.72. The number of hydrogen-bond donors (Lipinski definition) is 0. The predicted molar refractivity (Wildman–Crippen MR) is 83.0 cm³/mol. The number of pyridine rings is 1. The highest BCUT2D eigenvalue weighted by molar-refractivity contribution is 8.00. The molecule has 1 saturated heterocycles. The van der Waals surface area contributed by atoms with Gasteiger partial charge in [0, 0.05) is 18.9 Å². The smallest absolute Gasteiger partial charge is 0.234 e. The van der Waals surface area contributed by atoms with Crippen LogP contribution in [0.3, 0.4) is 0 Å². The highest BCUT2D eigenvalue weighted by Crippen LogP contribution is 2.39. The van der Waals surface area contributed by atoms with Crippen molar-refractivity contribution in [1.82, 2.24) is 9.88 Å². The highest BCUT2D eigenvalue weighted by atomic mass is 32.2. The fraction of sp³-hybridized carbons (Fsp3) is 0.250. The largest absolute Gasteiger partial charge is 0.497 e. The molecule has 4 nitrogen and oxygen atoms in total. The van der Waals surface area contributed by atoms with Gasteiger partial charge in [-0.15, -0.1) is 11.8 Å². The molecular weight excluding hydrogens is 284 g/mol. The topological polar surface area (TPSA) is 42.4 Å². The zero-order valence-corrected chi connectivity index (χ0v) is 12.5. The Morgan fingerprint density at radius 1 is 1.33 bits per heavy atom. The second-order valence-corrected chi connectivity index (χ2v) is 5.89. The Morgan fingerprint density at radius 3 is 2.81 bits per heavy atom. The van der Waals surface area contributed by atoms with Gasteiger partial charge in [-0.25, -0.2) is 0 Å². The van der Waals surface area contributed by atoms with Crippen molar-refractivity contribution in [3.05, 3.63) is 59.9 Å². The first kappa shape index (κ1) is 13.9. The molecule has 0 aliphatic carbocycles. The lowest BCUT2D eigenvalue weighted by molar-refractivity contribution is -0.128. The fourth-order valence-electron chi connectivity index (χ4n) is 2.36. The molecule has 108 valence electrons. The van der Waals surface area contributed by atoms with E-state index in [4.69, 9.17) is 4.74 Å². The second kappa shape index (κ2) is 6.18. The number of benzene rings is 1. The minimum atomic E-state index is 0.0589. The molecule has 0 spiro atoms. The van der Waals surface area contributed by atoms with E-state index in [0.29, 0.717) is 12.3 Å².